The van der Waals surface area contributed by atoms with E-state index in [0.717, 1.165) is 12.8 Å². The Balaban J connectivity index is 2.26. The van der Waals surface area contributed by atoms with Crippen LogP contribution in [0.15, 0.2) is 0 Å². The van der Waals surface area contributed by atoms with E-state index in [4.69, 9.17) is 10.2 Å². The number of hydrogen-bond acceptors (Lipinski definition) is 2. The third-order valence-corrected chi connectivity index (χ3v) is 3.52. The molecule has 0 aromatic carbocycles. The SMILES string of the molecule is O=C(O)C1CCCC2CC21C(=O)O. The molecular formula is C9H12O4. The molecule has 2 saturated carbocycles. The summed E-state index contributed by atoms with van der Waals surface area (Å²) in [6, 6.07) is 0. The van der Waals surface area contributed by atoms with E-state index in [2.05, 4.69) is 0 Å². The Morgan fingerprint density at radius 1 is 1.23 bits per heavy atom. The van der Waals surface area contributed by atoms with Crippen LogP contribution < -0.4 is 0 Å². The Morgan fingerprint density at radius 3 is 2.38 bits per heavy atom. The summed E-state index contributed by atoms with van der Waals surface area (Å²) in [4.78, 5) is 21.8. The average molecular weight is 184 g/mol. The van der Waals surface area contributed by atoms with Crippen LogP contribution in [0, 0.1) is 17.3 Å². The minimum atomic E-state index is -0.940. The van der Waals surface area contributed by atoms with Crippen molar-refractivity contribution in [2.45, 2.75) is 25.7 Å². The highest BCUT2D eigenvalue weighted by Gasteiger charge is 2.67. The van der Waals surface area contributed by atoms with Crippen LogP contribution in [-0.2, 0) is 9.59 Å². The smallest absolute Gasteiger partial charge is 0.310 e. The Morgan fingerprint density at radius 2 is 1.92 bits per heavy atom. The van der Waals surface area contributed by atoms with Crippen LogP contribution in [0.4, 0.5) is 0 Å². The van der Waals surface area contributed by atoms with Gasteiger partial charge in [-0.1, -0.05) is 6.42 Å². The third kappa shape index (κ3) is 0.975. The predicted molar refractivity (Wildman–Crippen MR) is 43.2 cm³/mol. The van der Waals surface area contributed by atoms with Gasteiger partial charge in [0, 0.05) is 0 Å². The van der Waals surface area contributed by atoms with Crippen molar-refractivity contribution >= 4 is 11.9 Å². The summed E-state index contributed by atoms with van der Waals surface area (Å²) in [5.74, 6) is -2.38. The molecule has 0 bridgehead atoms. The molecule has 3 unspecified atom stereocenters. The molecule has 0 heterocycles. The Kier molecular flexibility index (Phi) is 1.62. The topological polar surface area (TPSA) is 74.6 Å². The molecule has 3 atom stereocenters. The van der Waals surface area contributed by atoms with Gasteiger partial charge >= 0.3 is 11.9 Å². The maximum atomic E-state index is 11.0. The van der Waals surface area contributed by atoms with Crippen LogP contribution in [0.3, 0.4) is 0 Å². The van der Waals surface area contributed by atoms with Crippen LogP contribution >= 0.6 is 0 Å². The van der Waals surface area contributed by atoms with Crippen LogP contribution in [-0.4, -0.2) is 22.2 Å². The first-order chi connectivity index (χ1) is 6.09. The highest BCUT2D eigenvalue weighted by Crippen LogP contribution is 2.64. The maximum Gasteiger partial charge on any atom is 0.310 e. The molecule has 0 spiro atoms. The lowest BCUT2D eigenvalue weighted by Crippen LogP contribution is -2.35. The Labute approximate surface area is 75.6 Å². The molecule has 0 saturated heterocycles. The van der Waals surface area contributed by atoms with E-state index in [1.165, 1.54) is 0 Å². The zero-order valence-electron chi connectivity index (χ0n) is 7.19. The fraction of sp³-hybridized carbons (Fsp3) is 0.778. The van der Waals surface area contributed by atoms with Crippen molar-refractivity contribution in [3.05, 3.63) is 0 Å². The van der Waals surface area contributed by atoms with E-state index in [1.807, 2.05) is 0 Å². The summed E-state index contributed by atoms with van der Waals surface area (Å²) >= 11 is 0. The van der Waals surface area contributed by atoms with Gasteiger partial charge in [0.1, 0.15) is 0 Å². The van der Waals surface area contributed by atoms with Crippen molar-refractivity contribution in [2.24, 2.45) is 17.3 Å². The number of carboxylic acids is 2. The maximum absolute atomic E-state index is 11.0. The van der Waals surface area contributed by atoms with Crippen molar-refractivity contribution in [1.82, 2.24) is 0 Å². The zero-order chi connectivity index (χ0) is 9.64. The molecular weight excluding hydrogens is 172 g/mol. The van der Waals surface area contributed by atoms with Crippen molar-refractivity contribution in [2.75, 3.05) is 0 Å². The van der Waals surface area contributed by atoms with E-state index in [0.29, 0.717) is 12.8 Å². The number of aliphatic carboxylic acids is 2. The van der Waals surface area contributed by atoms with E-state index in [1.54, 1.807) is 0 Å². The molecule has 4 heteroatoms. The minimum Gasteiger partial charge on any atom is -0.481 e. The summed E-state index contributed by atoms with van der Waals surface area (Å²) in [6.45, 7) is 0. The normalized spacial score (nSPS) is 42.2. The predicted octanol–water partition coefficient (Wildman–Crippen LogP) is 0.962. The van der Waals surface area contributed by atoms with Gasteiger partial charge < -0.3 is 10.2 Å². The molecule has 2 N–H and O–H groups in total. The van der Waals surface area contributed by atoms with Gasteiger partial charge in [0.2, 0.25) is 0 Å². The number of carbonyl (C=O) groups is 2. The van der Waals surface area contributed by atoms with Gasteiger partial charge in [-0.15, -0.1) is 0 Å². The molecule has 0 aliphatic heterocycles. The van der Waals surface area contributed by atoms with Crippen LogP contribution in [0.2, 0.25) is 0 Å². The van der Waals surface area contributed by atoms with Crippen molar-refractivity contribution in [3.8, 4) is 0 Å². The molecule has 2 aliphatic rings. The fourth-order valence-corrected chi connectivity index (χ4v) is 2.72. The summed E-state index contributed by atoms with van der Waals surface area (Å²) in [5, 5.41) is 17.9. The largest absolute Gasteiger partial charge is 0.481 e. The van der Waals surface area contributed by atoms with E-state index < -0.39 is 23.3 Å². The molecule has 2 aliphatic carbocycles. The monoisotopic (exact) mass is 184 g/mol. The van der Waals surface area contributed by atoms with Crippen molar-refractivity contribution < 1.29 is 19.8 Å². The highest BCUT2D eigenvalue weighted by molar-refractivity contribution is 5.86. The first kappa shape index (κ1) is 8.53. The first-order valence-corrected chi connectivity index (χ1v) is 4.55. The zero-order valence-corrected chi connectivity index (χ0v) is 7.19. The molecule has 0 radical (unpaired) electrons. The first-order valence-electron chi connectivity index (χ1n) is 4.55. The summed E-state index contributed by atoms with van der Waals surface area (Å²) in [7, 11) is 0. The number of rotatable bonds is 2. The quantitative estimate of drug-likeness (QED) is 0.670. The van der Waals surface area contributed by atoms with Gasteiger partial charge in [0.05, 0.1) is 11.3 Å². The van der Waals surface area contributed by atoms with Gasteiger partial charge in [-0.3, -0.25) is 9.59 Å². The second-order valence-corrected chi connectivity index (χ2v) is 4.07. The number of hydrogen-bond donors (Lipinski definition) is 2. The summed E-state index contributed by atoms with van der Waals surface area (Å²) < 4.78 is 0. The summed E-state index contributed by atoms with van der Waals surface area (Å²) in [6.07, 6.45) is 2.84. The van der Waals surface area contributed by atoms with E-state index >= 15 is 0 Å². The van der Waals surface area contributed by atoms with Gasteiger partial charge in [-0.25, -0.2) is 0 Å². The fourth-order valence-electron chi connectivity index (χ4n) is 2.72. The third-order valence-electron chi connectivity index (χ3n) is 3.52. The lowest BCUT2D eigenvalue weighted by Gasteiger charge is -2.25. The minimum absolute atomic E-state index is 0.125. The van der Waals surface area contributed by atoms with Crippen LogP contribution in [0.25, 0.3) is 0 Å². The van der Waals surface area contributed by atoms with Gasteiger partial charge in [0.15, 0.2) is 0 Å². The van der Waals surface area contributed by atoms with Gasteiger partial charge in [-0.05, 0) is 25.2 Å². The molecule has 4 nitrogen and oxygen atoms in total. The second kappa shape index (κ2) is 2.47. The molecule has 2 fully saturated rings. The number of carboxylic acid groups (broad SMARTS) is 2. The van der Waals surface area contributed by atoms with Gasteiger partial charge in [0.25, 0.3) is 0 Å². The molecule has 0 amide bonds. The Hall–Kier alpha value is -1.06. The van der Waals surface area contributed by atoms with Crippen molar-refractivity contribution in [3.63, 3.8) is 0 Å². The van der Waals surface area contributed by atoms with Crippen molar-refractivity contribution in [1.29, 1.82) is 0 Å². The lowest BCUT2D eigenvalue weighted by atomic mass is 9.78. The molecule has 13 heavy (non-hydrogen) atoms. The molecule has 2 rings (SSSR count). The molecule has 72 valence electrons. The molecule has 0 aromatic rings. The molecule has 0 aromatic heterocycles. The second-order valence-electron chi connectivity index (χ2n) is 4.07. The van der Waals surface area contributed by atoms with Crippen LogP contribution in [0.5, 0.6) is 0 Å². The van der Waals surface area contributed by atoms with Gasteiger partial charge in [-0.2, -0.15) is 0 Å². The van der Waals surface area contributed by atoms with E-state index in [-0.39, 0.29) is 5.92 Å². The number of fused-ring (bicyclic) bond motifs is 1. The average Bonchev–Trinajstić information content (AvgIpc) is 2.77. The highest BCUT2D eigenvalue weighted by atomic mass is 16.4. The standard InChI is InChI=1S/C9H12O4/c10-7(11)6-3-1-2-5-4-9(5,6)8(12)13/h5-6H,1-4H2,(H,10,11)(H,12,13). The Bertz CT molecular complexity index is 273. The van der Waals surface area contributed by atoms with Crippen LogP contribution in [0.1, 0.15) is 25.7 Å². The lowest BCUT2D eigenvalue weighted by molar-refractivity contribution is -0.158. The van der Waals surface area contributed by atoms with E-state index in [9.17, 15) is 9.59 Å². The summed E-state index contributed by atoms with van der Waals surface area (Å²) in [5.41, 5.74) is -0.899.